The lowest BCUT2D eigenvalue weighted by Crippen LogP contribution is -2.40. The predicted octanol–water partition coefficient (Wildman–Crippen LogP) is 3.14. The molecule has 1 N–H and O–H groups in total. The minimum absolute atomic E-state index is 0.414. The number of anilines is 1. The maximum atomic E-state index is 9.35. The summed E-state index contributed by atoms with van der Waals surface area (Å²) in [4.78, 5) is 2.34. The summed E-state index contributed by atoms with van der Waals surface area (Å²) in [6, 6.07) is 10.5. The van der Waals surface area contributed by atoms with Crippen molar-refractivity contribution in [2.75, 3.05) is 25.5 Å². The van der Waals surface area contributed by atoms with Crippen LogP contribution in [0.4, 0.5) is 5.82 Å². The van der Waals surface area contributed by atoms with Crippen LogP contribution in [0.3, 0.4) is 0 Å². The lowest BCUT2D eigenvalue weighted by Gasteiger charge is -2.30. The molecular weight excluding hydrogens is 298 g/mol. The second kappa shape index (κ2) is 6.98. The number of nitriles is 1. The number of hydrogen-bond donors (Lipinski definition) is 1. The molecule has 3 rings (SSSR count). The maximum absolute atomic E-state index is 9.35. The number of hydrogen-bond acceptors (Lipinski definition) is 5. The van der Waals surface area contributed by atoms with Gasteiger partial charge in [0.2, 0.25) is 0 Å². The van der Waals surface area contributed by atoms with Gasteiger partial charge in [-0.2, -0.15) is 5.26 Å². The van der Waals surface area contributed by atoms with Gasteiger partial charge in [-0.15, -0.1) is 10.2 Å². The zero-order valence-corrected chi connectivity index (χ0v) is 14.5. The van der Waals surface area contributed by atoms with E-state index in [0.29, 0.717) is 11.6 Å². The highest BCUT2D eigenvalue weighted by Crippen LogP contribution is 2.25. The Balaban J connectivity index is 1.84. The minimum atomic E-state index is 0.414. The molecule has 1 aromatic heterocycles. The Kier molecular flexibility index (Phi) is 4.77. The predicted molar refractivity (Wildman–Crippen MR) is 95.8 cm³/mol. The van der Waals surface area contributed by atoms with Crippen molar-refractivity contribution in [3.8, 4) is 17.3 Å². The molecule has 1 atom stereocenters. The first-order chi connectivity index (χ1) is 11.6. The van der Waals surface area contributed by atoms with E-state index in [-0.39, 0.29) is 0 Å². The molecule has 0 radical (unpaired) electrons. The lowest BCUT2D eigenvalue weighted by atomic mass is 10.0. The van der Waals surface area contributed by atoms with E-state index in [4.69, 9.17) is 0 Å². The molecule has 124 valence electrons. The smallest absolute Gasteiger partial charge is 0.151 e. The average Bonchev–Trinajstić information content (AvgIpc) is 2.56. The Morgan fingerprint density at radius 3 is 2.79 bits per heavy atom. The van der Waals surface area contributed by atoms with Crippen molar-refractivity contribution >= 4 is 5.82 Å². The summed E-state index contributed by atoms with van der Waals surface area (Å²) in [5.41, 5.74) is 4.34. The summed E-state index contributed by atoms with van der Waals surface area (Å²) >= 11 is 0. The van der Waals surface area contributed by atoms with Gasteiger partial charge in [0.25, 0.3) is 0 Å². The molecule has 0 spiro atoms. The van der Waals surface area contributed by atoms with Gasteiger partial charge in [-0.05, 0) is 63.5 Å². The van der Waals surface area contributed by atoms with E-state index >= 15 is 0 Å². The Morgan fingerprint density at radius 1 is 1.25 bits per heavy atom. The van der Waals surface area contributed by atoms with E-state index in [1.807, 2.05) is 38.1 Å². The number of nitrogens with one attached hydrogen (secondary N) is 1. The van der Waals surface area contributed by atoms with Crippen LogP contribution in [0.2, 0.25) is 0 Å². The zero-order chi connectivity index (χ0) is 17.1. The fourth-order valence-corrected chi connectivity index (χ4v) is 3.21. The van der Waals surface area contributed by atoms with Crippen LogP contribution in [-0.2, 0) is 0 Å². The zero-order valence-electron chi connectivity index (χ0n) is 14.5. The topological polar surface area (TPSA) is 64.8 Å². The normalized spacial score (nSPS) is 18.2. The van der Waals surface area contributed by atoms with Gasteiger partial charge in [-0.3, -0.25) is 0 Å². The third-order valence-corrected chi connectivity index (χ3v) is 4.52. The molecule has 1 fully saturated rings. The largest absolute Gasteiger partial charge is 0.364 e. The fraction of sp³-hybridized carbons (Fsp3) is 0.421. The van der Waals surface area contributed by atoms with E-state index in [1.165, 1.54) is 6.42 Å². The number of aromatic nitrogens is 2. The molecule has 1 aliphatic rings. The van der Waals surface area contributed by atoms with Crippen molar-refractivity contribution < 1.29 is 0 Å². The van der Waals surface area contributed by atoms with Gasteiger partial charge in [-0.25, -0.2) is 0 Å². The lowest BCUT2D eigenvalue weighted by molar-refractivity contribution is 0.260. The standard InChI is InChI=1S/C19H23N5/c1-13-6-7-17(15(9-13)11-20)18-10-14(2)19(23-22-18)21-16-5-4-8-24(3)12-16/h6-7,9-10,16H,4-5,8,12H2,1-3H3,(H,21,23)/t16-/m1/s1. The van der Waals surface area contributed by atoms with Crippen LogP contribution in [0.25, 0.3) is 11.3 Å². The first-order valence-corrected chi connectivity index (χ1v) is 8.37. The molecule has 1 saturated heterocycles. The third kappa shape index (κ3) is 3.55. The molecule has 0 bridgehead atoms. The molecule has 0 aliphatic carbocycles. The number of benzene rings is 1. The molecule has 0 unspecified atom stereocenters. The van der Waals surface area contributed by atoms with Crippen molar-refractivity contribution in [3.63, 3.8) is 0 Å². The highest BCUT2D eigenvalue weighted by molar-refractivity contribution is 5.69. The molecule has 2 aromatic rings. The number of aryl methyl sites for hydroxylation is 2. The summed E-state index contributed by atoms with van der Waals surface area (Å²) in [5.74, 6) is 0.838. The first kappa shape index (κ1) is 16.4. The maximum Gasteiger partial charge on any atom is 0.151 e. The fourth-order valence-electron chi connectivity index (χ4n) is 3.21. The van der Waals surface area contributed by atoms with Gasteiger partial charge in [-0.1, -0.05) is 12.1 Å². The van der Waals surface area contributed by atoms with Gasteiger partial charge in [0.1, 0.15) is 0 Å². The van der Waals surface area contributed by atoms with Crippen LogP contribution in [0.15, 0.2) is 24.3 Å². The summed E-state index contributed by atoms with van der Waals surface area (Å²) in [7, 11) is 2.15. The second-order valence-corrected chi connectivity index (χ2v) is 6.67. The Labute approximate surface area is 143 Å². The summed E-state index contributed by atoms with van der Waals surface area (Å²) in [6.07, 6.45) is 2.36. The quantitative estimate of drug-likeness (QED) is 0.941. The van der Waals surface area contributed by atoms with E-state index in [2.05, 4.69) is 33.5 Å². The van der Waals surface area contributed by atoms with E-state index in [0.717, 1.165) is 47.7 Å². The SMILES string of the molecule is Cc1ccc(-c2cc(C)c(N[C@@H]3CCCN(C)C3)nn2)c(C#N)c1. The molecule has 2 heterocycles. The number of piperidine rings is 1. The second-order valence-electron chi connectivity index (χ2n) is 6.67. The average molecular weight is 321 g/mol. The number of nitrogens with zero attached hydrogens (tertiary/aromatic N) is 4. The van der Waals surface area contributed by atoms with E-state index in [9.17, 15) is 5.26 Å². The highest BCUT2D eigenvalue weighted by atomic mass is 15.2. The van der Waals surface area contributed by atoms with Crippen molar-refractivity contribution in [1.29, 1.82) is 5.26 Å². The van der Waals surface area contributed by atoms with Crippen molar-refractivity contribution in [2.45, 2.75) is 32.7 Å². The van der Waals surface area contributed by atoms with Crippen LogP contribution in [0, 0.1) is 25.2 Å². The molecule has 1 aliphatic heterocycles. The first-order valence-electron chi connectivity index (χ1n) is 8.37. The van der Waals surface area contributed by atoms with Crippen molar-refractivity contribution in [2.24, 2.45) is 0 Å². The van der Waals surface area contributed by atoms with E-state index in [1.54, 1.807) is 0 Å². The number of rotatable bonds is 3. The summed E-state index contributed by atoms with van der Waals surface area (Å²) < 4.78 is 0. The van der Waals surface area contributed by atoms with Crippen LogP contribution < -0.4 is 5.32 Å². The Hall–Kier alpha value is -2.45. The van der Waals surface area contributed by atoms with Crippen LogP contribution in [0.5, 0.6) is 0 Å². The number of likely N-dealkylation sites (N-methyl/N-ethyl adjacent to an activating group) is 1. The van der Waals surface area contributed by atoms with Crippen LogP contribution in [-0.4, -0.2) is 41.3 Å². The van der Waals surface area contributed by atoms with Gasteiger partial charge >= 0.3 is 0 Å². The minimum Gasteiger partial charge on any atom is -0.364 e. The third-order valence-electron chi connectivity index (χ3n) is 4.52. The molecule has 1 aromatic carbocycles. The van der Waals surface area contributed by atoms with E-state index < -0.39 is 0 Å². The highest BCUT2D eigenvalue weighted by Gasteiger charge is 2.18. The van der Waals surface area contributed by atoms with Crippen LogP contribution >= 0.6 is 0 Å². The van der Waals surface area contributed by atoms with Gasteiger partial charge < -0.3 is 10.2 Å². The summed E-state index contributed by atoms with van der Waals surface area (Å²) in [5, 5.41) is 21.6. The van der Waals surface area contributed by atoms with Gasteiger partial charge in [0, 0.05) is 18.2 Å². The number of likely N-dealkylation sites (tertiary alicyclic amines) is 1. The molecule has 0 amide bonds. The molecule has 24 heavy (non-hydrogen) atoms. The van der Waals surface area contributed by atoms with Gasteiger partial charge in [0.05, 0.1) is 17.3 Å². The van der Waals surface area contributed by atoms with Gasteiger partial charge in [0.15, 0.2) is 5.82 Å². The van der Waals surface area contributed by atoms with Crippen LogP contribution in [0.1, 0.15) is 29.5 Å². The van der Waals surface area contributed by atoms with Crippen molar-refractivity contribution in [1.82, 2.24) is 15.1 Å². The molecule has 5 heteroatoms. The Morgan fingerprint density at radius 2 is 2.08 bits per heavy atom. The van der Waals surface area contributed by atoms with Crippen molar-refractivity contribution in [3.05, 3.63) is 41.0 Å². The Bertz CT molecular complexity index is 778. The monoisotopic (exact) mass is 321 g/mol. The summed E-state index contributed by atoms with van der Waals surface area (Å²) in [6.45, 7) is 6.20. The molecule has 0 saturated carbocycles. The molecule has 5 nitrogen and oxygen atoms in total. The molecular formula is C19H23N5.